The van der Waals surface area contributed by atoms with Crippen LogP contribution in [0.4, 0.5) is 0 Å². The van der Waals surface area contributed by atoms with Crippen molar-refractivity contribution < 1.29 is 0 Å². The minimum atomic E-state index is 0.168. The van der Waals surface area contributed by atoms with Crippen molar-refractivity contribution in [1.29, 1.82) is 0 Å². The van der Waals surface area contributed by atoms with Gasteiger partial charge in [-0.05, 0) is 35.4 Å². The molecule has 0 saturated carbocycles. The van der Waals surface area contributed by atoms with E-state index in [1.165, 1.54) is 16.7 Å². The van der Waals surface area contributed by atoms with Crippen molar-refractivity contribution in [2.45, 2.75) is 46.6 Å². The molecule has 0 bridgehead atoms. The van der Waals surface area contributed by atoms with Crippen LogP contribution in [0.1, 0.15) is 50.4 Å². The molecule has 15 heavy (non-hydrogen) atoms. The van der Waals surface area contributed by atoms with Crippen LogP contribution in [0.15, 0.2) is 18.2 Å². The predicted octanol–water partition coefficient (Wildman–Crippen LogP) is 3.47. The van der Waals surface area contributed by atoms with E-state index in [9.17, 15) is 0 Å². The van der Waals surface area contributed by atoms with E-state index in [4.69, 9.17) is 5.73 Å². The lowest BCUT2D eigenvalue weighted by Gasteiger charge is -2.18. The molecule has 0 fully saturated rings. The summed E-state index contributed by atoms with van der Waals surface area (Å²) < 4.78 is 0. The molecular formula is C14H23N. The fourth-order valence-corrected chi connectivity index (χ4v) is 1.91. The molecule has 0 amide bonds. The summed E-state index contributed by atoms with van der Waals surface area (Å²) in [4.78, 5) is 0. The highest BCUT2D eigenvalue weighted by Gasteiger charge is 2.11. The van der Waals surface area contributed by atoms with Crippen LogP contribution in [0.2, 0.25) is 0 Å². The molecule has 1 unspecified atom stereocenters. The van der Waals surface area contributed by atoms with Crippen molar-refractivity contribution >= 4 is 0 Å². The van der Waals surface area contributed by atoms with E-state index in [1.54, 1.807) is 0 Å². The van der Waals surface area contributed by atoms with Crippen molar-refractivity contribution in [3.63, 3.8) is 0 Å². The van der Waals surface area contributed by atoms with E-state index in [1.807, 2.05) is 0 Å². The Kier molecular flexibility index (Phi) is 4.34. The standard InChI is InChI=1S/C14H23N/c1-5-11-7-8-13(9-12(11)6-2)14(15)10(3)4/h7-10,14H,5-6,15H2,1-4H3. The van der Waals surface area contributed by atoms with Gasteiger partial charge in [0.25, 0.3) is 0 Å². The van der Waals surface area contributed by atoms with E-state index >= 15 is 0 Å². The second-order valence-electron chi connectivity index (χ2n) is 4.51. The van der Waals surface area contributed by atoms with Crippen LogP contribution in [0.5, 0.6) is 0 Å². The fourth-order valence-electron chi connectivity index (χ4n) is 1.91. The normalized spacial score (nSPS) is 13.2. The average molecular weight is 205 g/mol. The third kappa shape index (κ3) is 2.82. The van der Waals surface area contributed by atoms with Gasteiger partial charge in [0.05, 0.1) is 0 Å². The maximum absolute atomic E-state index is 6.15. The number of rotatable bonds is 4. The molecule has 1 nitrogen and oxygen atoms in total. The number of benzene rings is 1. The van der Waals surface area contributed by atoms with E-state index < -0.39 is 0 Å². The van der Waals surface area contributed by atoms with Gasteiger partial charge in [-0.3, -0.25) is 0 Å². The molecular weight excluding hydrogens is 182 g/mol. The first-order valence-corrected chi connectivity index (χ1v) is 5.97. The van der Waals surface area contributed by atoms with Crippen molar-refractivity contribution in [2.75, 3.05) is 0 Å². The van der Waals surface area contributed by atoms with Crippen molar-refractivity contribution in [1.82, 2.24) is 0 Å². The topological polar surface area (TPSA) is 26.0 Å². The number of hydrogen-bond acceptors (Lipinski definition) is 1. The van der Waals surface area contributed by atoms with Gasteiger partial charge in [0, 0.05) is 6.04 Å². The third-order valence-corrected chi connectivity index (χ3v) is 3.10. The fraction of sp³-hybridized carbons (Fsp3) is 0.571. The molecule has 0 aliphatic rings. The maximum Gasteiger partial charge on any atom is 0.0318 e. The molecule has 0 spiro atoms. The molecule has 1 aromatic rings. The Morgan fingerprint density at radius 3 is 2.13 bits per heavy atom. The molecule has 0 aliphatic carbocycles. The van der Waals surface area contributed by atoms with Crippen LogP contribution < -0.4 is 5.73 Å². The average Bonchev–Trinajstić information content (AvgIpc) is 2.26. The summed E-state index contributed by atoms with van der Waals surface area (Å²) in [7, 11) is 0. The summed E-state index contributed by atoms with van der Waals surface area (Å²) in [6.45, 7) is 8.75. The Morgan fingerprint density at radius 1 is 1.07 bits per heavy atom. The largest absolute Gasteiger partial charge is 0.324 e. The maximum atomic E-state index is 6.15. The van der Waals surface area contributed by atoms with Gasteiger partial charge in [0.15, 0.2) is 0 Å². The summed E-state index contributed by atoms with van der Waals surface area (Å²) in [6, 6.07) is 6.86. The van der Waals surface area contributed by atoms with Crippen LogP contribution in [0.3, 0.4) is 0 Å². The van der Waals surface area contributed by atoms with E-state index in [-0.39, 0.29) is 6.04 Å². The molecule has 1 rings (SSSR count). The molecule has 0 saturated heterocycles. The summed E-state index contributed by atoms with van der Waals surface area (Å²) in [5.74, 6) is 0.502. The summed E-state index contributed by atoms with van der Waals surface area (Å²) in [5, 5.41) is 0. The quantitative estimate of drug-likeness (QED) is 0.800. The van der Waals surface area contributed by atoms with Gasteiger partial charge >= 0.3 is 0 Å². The lowest BCUT2D eigenvalue weighted by atomic mass is 9.92. The number of hydrogen-bond donors (Lipinski definition) is 1. The number of aryl methyl sites for hydroxylation is 2. The Balaban J connectivity index is 3.02. The molecule has 84 valence electrons. The zero-order valence-electron chi connectivity index (χ0n) is 10.4. The van der Waals surface area contributed by atoms with Crippen LogP contribution in [-0.2, 0) is 12.8 Å². The number of nitrogens with two attached hydrogens (primary N) is 1. The lowest BCUT2D eigenvalue weighted by molar-refractivity contribution is 0.514. The van der Waals surface area contributed by atoms with Gasteiger partial charge in [0.1, 0.15) is 0 Å². The summed E-state index contributed by atoms with van der Waals surface area (Å²) in [5.41, 5.74) is 10.3. The third-order valence-electron chi connectivity index (χ3n) is 3.10. The molecule has 2 N–H and O–H groups in total. The summed E-state index contributed by atoms with van der Waals surface area (Å²) in [6.07, 6.45) is 2.21. The summed E-state index contributed by atoms with van der Waals surface area (Å²) >= 11 is 0. The second kappa shape index (κ2) is 5.32. The van der Waals surface area contributed by atoms with Crippen LogP contribution in [0, 0.1) is 5.92 Å². The van der Waals surface area contributed by atoms with Crippen LogP contribution in [0.25, 0.3) is 0 Å². The van der Waals surface area contributed by atoms with Gasteiger partial charge in [-0.15, -0.1) is 0 Å². The van der Waals surface area contributed by atoms with Gasteiger partial charge < -0.3 is 5.73 Å². The van der Waals surface area contributed by atoms with Crippen molar-refractivity contribution in [3.05, 3.63) is 34.9 Å². The van der Waals surface area contributed by atoms with Gasteiger partial charge in [-0.25, -0.2) is 0 Å². The van der Waals surface area contributed by atoms with E-state index in [0.717, 1.165) is 12.8 Å². The minimum Gasteiger partial charge on any atom is -0.324 e. The SMILES string of the molecule is CCc1ccc(C(N)C(C)C)cc1CC. The van der Waals surface area contributed by atoms with E-state index in [0.29, 0.717) is 5.92 Å². The molecule has 0 aliphatic heterocycles. The zero-order chi connectivity index (χ0) is 11.4. The molecule has 1 aromatic carbocycles. The zero-order valence-corrected chi connectivity index (χ0v) is 10.4. The Morgan fingerprint density at radius 2 is 1.67 bits per heavy atom. The Labute approximate surface area is 93.7 Å². The second-order valence-corrected chi connectivity index (χ2v) is 4.51. The highest BCUT2D eigenvalue weighted by atomic mass is 14.6. The highest BCUT2D eigenvalue weighted by molar-refractivity contribution is 5.33. The predicted molar refractivity (Wildman–Crippen MR) is 67.0 cm³/mol. The van der Waals surface area contributed by atoms with Crippen LogP contribution >= 0.6 is 0 Å². The van der Waals surface area contributed by atoms with Crippen molar-refractivity contribution in [3.8, 4) is 0 Å². The Hall–Kier alpha value is -0.820. The monoisotopic (exact) mass is 205 g/mol. The molecule has 1 heteroatoms. The highest BCUT2D eigenvalue weighted by Crippen LogP contribution is 2.22. The Bertz CT molecular complexity index is 315. The molecule has 0 heterocycles. The lowest BCUT2D eigenvalue weighted by Crippen LogP contribution is -2.17. The first-order valence-electron chi connectivity index (χ1n) is 5.97. The van der Waals surface area contributed by atoms with E-state index in [2.05, 4.69) is 45.9 Å². The van der Waals surface area contributed by atoms with Crippen molar-refractivity contribution in [2.24, 2.45) is 11.7 Å². The van der Waals surface area contributed by atoms with Gasteiger partial charge in [-0.2, -0.15) is 0 Å². The molecule has 0 radical (unpaired) electrons. The first-order chi connectivity index (χ1) is 7.10. The minimum absolute atomic E-state index is 0.168. The molecule has 0 aromatic heterocycles. The first kappa shape index (κ1) is 12.3. The molecule has 1 atom stereocenters. The van der Waals surface area contributed by atoms with Gasteiger partial charge in [-0.1, -0.05) is 45.9 Å². The van der Waals surface area contributed by atoms with Gasteiger partial charge in [0.2, 0.25) is 0 Å². The van der Waals surface area contributed by atoms with Crippen LogP contribution in [-0.4, -0.2) is 0 Å². The smallest absolute Gasteiger partial charge is 0.0318 e.